The van der Waals surface area contributed by atoms with Crippen molar-refractivity contribution in [1.82, 2.24) is 4.98 Å². The Morgan fingerprint density at radius 2 is 2.64 bits per heavy atom. The average Bonchev–Trinajstić information content (AvgIpc) is 2.72. The third-order valence-electron chi connectivity index (χ3n) is 1.79. The Kier molecular flexibility index (Phi) is 1.92. The fraction of sp³-hybridized carbons (Fsp3) is 0.625. The Labute approximate surface area is 70.2 Å². The first kappa shape index (κ1) is 7.25. The van der Waals surface area contributed by atoms with Gasteiger partial charge in [0.05, 0.1) is 23.4 Å². The maximum Gasteiger partial charge on any atom is 0.0897 e. The van der Waals surface area contributed by atoms with Gasteiger partial charge in [-0.15, -0.1) is 11.3 Å². The SMILES string of the molecule is Cc1nc(CCC2CO2)cs1. The van der Waals surface area contributed by atoms with Crippen molar-refractivity contribution in [2.24, 2.45) is 0 Å². The molecule has 1 unspecified atom stereocenters. The maximum atomic E-state index is 5.11. The van der Waals surface area contributed by atoms with Gasteiger partial charge in [-0.2, -0.15) is 0 Å². The Bertz CT molecular complexity index is 242. The lowest BCUT2D eigenvalue weighted by Crippen LogP contribution is -1.90. The lowest BCUT2D eigenvalue weighted by Gasteiger charge is -1.90. The first-order chi connectivity index (χ1) is 5.34. The second-order valence-electron chi connectivity index (χ2n) is 2.85. The summed E-state index contributed by atoms with van der Waals surface area (Å²) in [6.07, 6.45) is 2.76. The molecule has 11 heavy (non-hydrogen) atoms. The number of rotatable bonds is 3. The molecule has 3 heteroatoms. The summed E-state index contributed by atoms with van der Waals surface area (Å²) in [6.45, 7) is 3.00. The highest BCUT2D eigenvalue weighted by molar-refractivity contribution is 7.09. The largest absolute Gasteiger partial charge is 0.373 e. The van der Waals surface area contributed by atoms with E-state index in [0.29, 0.717) is 6.10 Å². The first-order valence-corrected chi connectivity index (χ1v) is 4.75. The lowest BCUT2D eigenvalue weighted by atomic mass is 10.2. The van der Waals surface area contributed by atoms with Crippen molar-refractivity contribution in [3.05, 3.63) is 16.1 Å². The van der Waals surface area contributed by atoms with Gasteiger partial charge in [0.25, 0.3) is 0 Å². The van der Waals surface area contributed by atoms with Crippen LogP contribution in [0.5, 0.6) is 0 Å². The predicted molar refractivity (Wildman–Crippen MR) is 44.9 cm³/mol. The van der Waals surface area contributed by atoms with Crippen LogP contribution < -0.4 is 0 Å². The Hall–Kier alpha value is -0.410. The number of ether oxygens (including phenoxy) is 1. The molecular formula is C8H11NOS. The van der Waals surface area contributed by atoms with Crippen molar-refractivity contribution in [3.8, 4) is 0 Å². The maximum absolute atomic E-state index is 5.11. The van der Waals surface area contributed by atoms with Crippen molar-refractivity contribution in [1.29, 1.82) is 0 Å². The topological polar surface area (TPSA) is 25.4 Å². The van der Waals surface area contributed by atoms with Crippen molar-refractivity contribution >= 4 is 11.3 Å². The molecular weight excluding hydrogens is 158 g/mol. The molecule has 0 saturated carbocycles. The average molecular weight is 169 g/mol. The van der Waals surface area contributed by atoms with Crippen molar-refractivity contribution in [2.75, 3.05) is 6.61 Å². The van der Waals surface area contributed by atoms with Gasteiger partial charge in [0.15, 0.2) is 0 Å². The molecule has 0 bridgehead atoms. The van der Waals surface area contributed by atoms with Crippen LogP contribution in [-0.2, 0) is 11.2 Å². The molecule has 1 atom stereocenters. The van der Waals surface area contributed by atoms with Crippen molar-refractivity contribution in [2.45, 2.75) is 25.9 Å². The Balaban J connectivity index is 1.85. The molecule has 0 aliphatic carbocycles. The van der Waals surface area contributed by atoms with Crippen LogP contribution in [0.25, 0.3) is 0 Å². The number of aromatic nitrogens is 1. The number of epoxide rings is 1. The van der Waals surface area contributed by atoms with Gasteiger partial charge in [0.1, 0.15) is 0 Å². The predicted octanol–water partition coefficient (Wildman–Crippen LogP) is 1.78. The van der Waals surface area contributed by atoms with E-state index in [0.717, 1.165) is 24.5 Å². The molecule has 1 aliphatic rings. The van der Waals surface area contributed by atoms with E-state index >= 15 is 0 Å². The molecule has 0 spiro atoms. The summed E-state index contributed by atoms with van der Waals surface area (Å²) in [5.74, 6) is 0. The van der Waals surface area contributed by atoms with E-state index in [-0.39, 0.29) is 0 Å². The van der Waals surface area contributed by atoms with E-state index in [4.69, 9.17) is 4.74 Å². The molecule has 0 N–H and O–H groups in total. The number of hydrogen-bond donors (Lipinski definition) is 0. The van der Waals surface area contributed by atoms with Crippen molar-refractivity contribution < 1.29 is 4.74 Å². The smallest absolute Gasteiger partial charge is 0.0897 e. The van der Waals surface area contributed by atoms with Crippen LogP contribution in [0, 0.1) is 6.92 Å². The molecule has 0 aromatic carbocycles. The second-order valence-corrected chi connectivity index (χ2v) is 3.91. The molecule has 1 aromatic rings. The highest BCUT2D eigenvalue weighted by Crippen LogP contribution is 2.17. The quantitative estimate of drug-likeness (QED) is 0.644. The zero-order valence-corrected chi connectivity index (χ0v) is 7.36. The Morgan fingerprint density at radius 3 is 3.18 bits per heavy atom. The normalized spacial score (nSPS) is 22.1. The molecule has 0 radical (unpaired) electrons. The van der Waals surface area contributed by atoms with Crippen LogP contribution in [0.15, 0.2) is 5.38 Å². The number of thiazole rings is 1. The minimum atomic E-state index is 0.539. The third kappa shape index (κ3) is 2.01. The zero-order chi connectivity index (χ0) is 7.68. The minimum Gasteiger partial charge on any atom is -0.373 e. The van der Waals surface area contributed by atoms with Gasteiger partial charge in [-0.1, -0.05) is 0 Å². The molecule has 1 saturated heterocycles. The Morgan fingerprint density at radius 1 is 1.82 bits per heavy atom. The van der Waals surface area contributed by atoms with Gasteiger partial charge in [-0.25, -0.2) is 4.98 Å². The van der Waals surface area contributed by atoms with Crippen LogP contribution in [0.3, 0.4) is 0 Å². The van der Waals surface area contributed by atoms with E-state index in [1.54, 1.807) is 11.3 Å². The molecule has 1 aliphatic heterocycles. The molecule has 1 aromatic heterocycles. The van der Waals surface area contributed by atoms with Crippen LogP contribution >= 0.6 is 11.3 Å². The second kappa shape index (κ2) is 2.91. The van der Waals surface area contributed by atoms with Gasteiger partial charge in [0.2, 0.25) is 0 Å². The van der Waals surface area contributed by atoms with E-state index in [9.17, 15) is 0 Å². The molecule has 2 rings (SSSR count). The van der Waals surface area contributed by atoms with Gasteiger partial charge in [-0.3, -0.25) is 0 Å². The lowest BCUT2D eigenvalue weighted by molar-refractivity contribution is 0.396. The fourth-order valence-corrected chi connectivity index (χ4v) is 1.71. The molecule has 0 amide bonds. The van der Waals surface area contributed by atoms with Crippen LogP contribution in [0.2, 0.25) is 0 Å². The number of hydrogen-bond acceptors (Lipinski definition) is 3. The minimum absolute atomic E-state index is 0.539. The highest BCUT2D eigenvalue weighted by Gasteiger charge is 2.21. The summed E-state index contributed by atoms with van der Waals surface area (Å²) in [4.78, 5) is 4.37. The fourth-order valence-electron chi connectivity index (χ4n) is 1.07. The van der Waals surface area contributed by atoms with Gasteiger partial charge in [-0.05, 0) is 19.8 Å². The van der Waals surface area contributed by atoms with Crippen LogP contribution in [-0.4, -0.2) is 17.7 Å². The summed E-state index contributed by atoms with van der Waals surface area (Å²) in [6, 6.07) is 0. The number of aryl methyl sites for hydroxylation is 2. The summed E-state index contributed by atoms with van der Waals surface area (Å²) in [5.41, 5.74) is 1.23. The van der Waals surface area contributed by atoms with Crippen LogP contribution in [0.4, 0.5) is 0 Å². The summed E-state index contributed by atoms with van der Waals surface area (Å²) < 4.78 is 5.11. The third-order valence-corrected chi connectivity index (χ3v) is 2.61. The van der Waals surface area contributed by atoms with Gasteiger partial charge >= 0.3 is 0 Å². The number of nitrogens with zero attached hydrogens (tertiary/aromatic N) is 1. The van der Waals surface area contributed by atoms with E-state index < -0.39 is 0 Å². The van der Waals surface area contributed by atoms with Gasteiger partial charge < -0.3 is 4.74 Å². The first-order valence-electron chi connectivity index (χ1n) is 3.87. The van der Waals surface area contributed by atoms with Crippen LogP contribution in [0.1, 0.15) is 17.1 Å². The molecule has 2 nitrogen and oxygen atoms in total. The molecule has 2 heterocycles. The molecule has 1 fully saturated rings. The summed E-state index contributed by atoms with van der Waals surface area (Å²) >= 11 is 1.72. The standard InChI is InChI=1S/C8H11NOS/c1-6-9-7(5-11-6)2-3-8-4-10-8/h5,8H,2-4H2,1H3. The van der Waals surface area contributed by atoms with E-state index in [1.165, 1.54) is 5.69 Å². The van der Waals surface area contributed by atoms with Crippen molar-refractivity contribution in [3.63, 3.8) is 0 Å². The van der Waals surface area contributed by atoms with E-state index in [1.807, 2.05) is 6.92 Å². The monoisotopic (exact) mass is 169 g/mol. The summed E-state index contributed by atoms with van der Waals surface area (Å²) in [5, 5.41) is 3.30. The summed E-state index contributed by atoms with van der Waals surface area (Å²) in [7, 11) is 0. The zero-order valence-electron chi connectivity index (χ0n) is 6.54. The van der Waals surface area contributed by atoms with Gasteiger partial charge in [0, 0.05) is 5.38 Å². The highest BCUT2D eigenvalue weighted by atomic mass is 32.1. The van der Waals surface area contributed by atoms with E-state index in [2.05, 4.69) is 10.4 Å². The molecule has 60 valence electrons.